The summed E-state index contributed by atoms with van der Waals surface area (Å²) in [4.78, 5) is 24.9. The van der Waals surface area contributed by atoms with Crippen LogP contribution in [0.4, 0.5) is 11.4 Å². The van der Waals surface area contributed by atoms with Gasteiger partial charge in [-0.15, -0.1) is 0 Å². The first-order valence-electron chi connectivity index (χ1n) is 11.2. The number of rotatable bonds is 10. The molecular weight excluding hydrogens is 520 g/mol. The van der Waals surface area contributed by atoms with Gasteiger partial charge in [-0.3, -0.25) is 9.10 Å². The van der Waals surface area contributed by atoms with Crippen LogP contribution in [0, 0.1) is 6.92 Å². The van der Waals surface area contributed by atoms with Crippen LogP contribution in [0.15, 0.2) is 65.6 Å². The number of methoxy groups -OCH3 is 2. The quantitative estimate of drug-likeness (QED) is 0.368. The lowest BCUT2D eigenvalue weighted by Crippen LogP contribution is -2.38. The zero-order valence-electron chi connectivity index (χ0n) is 20.8. The summed E-state index contributed by atoms with van der Waals surface area (Å²) in [6.45, 7) is 3.21. The number of hydrogen-bond donors (Lipinski definition) is 1. The predicted molar refractivity (Wildman–Crippen MR) is 141 cm³/mol. The Labute approximate surface area is 221 Å². The van der Waals surface area contributed by atoms with Crippen molar-refractivity contribution in [1.82, 2.24) is 0 Å². The molecule has 0 saturated heterocycles. The first-order valence-corrected chi connectivity index (χ1v) is 13.0. The minimum absolute atomic E-state index is 0.0876. The molecule has 37 heavy (non-hydrogen) atoms. The summed E-state index contributed by atoms with van der Waals surface area (Å²) in [6, 6.07) is 15.2. The number of esters is 1. The molecule has 0 aliphatic heterocycles. The zero-order valence-corrected chi connectivity index (χ0v) is 22.4. The number of carbonyl (C=O) groups is 2. The maximum atomic E-state index is 13.7. The molecule has 0 radical (unpaired) electrons. The van der Waals surface area contributed by atoms with Gasteiger partial charge in [0, 0.05) is 6.07 Å². The number of sulfonamides is 1. The summed E-state index contributed by atoms with van der Waals surface area (Å²) in [6.07, 6.45) is 0. The summed E-state index contributed by atoms with van der Waals surface area (Å²) >= 11 is 6.26. The van der Waals surface area contributed by atoms with E-state index in [2.05, 4.69) is 5.32 Å². The first-order chi connectivity index (χ1) is 17.6. The molecule has 0 atom stereocenters. The van der Waals surface area contributed by atoms with Crippen LogP contribution >= 0.6 is 11.6 Å². The van der Waals surface area contributed by atoms with E-state index in [0.717, 1.165) is 9.87 Å². The Bertz CT molecular complexity index is 1390. The second-order valence-electron chi connectivity index (χ2n) is 7.83. The number of nitrogens with one attached hydrogen (secondary N) is 1. The Morgan fingerprint density at radius 3 is 2.22 bits per heavy atom. The van der Waals surface area contributed by atoms with E-state index in [-0.39, 0.29) is 33.5 Å². The van der Waals surface area contributed by atoms with E-state index in [4.69, 9.17) is 25.8 Å². The molecular formula is C26H27ClN2O7S. The Balaban J connectivity index is 1.93. The van der Waals surface area contributed by atoms with Gasteiger partial charge in [0.1, 0.15) is 6.54 Å². The van der Waals surface area contributed by atoms with E-state index in [1.807, 2.05) is 6.92 Å². The van der Waals surface area contributed by atoms with Gasteiger partial charge >= 0.3 is 5.97 Å². The van der Waals surface area contributed by atoms with Crippen LogP contribution in [0.3, 0.4) is 0 Å². The number of ether oxygens (including phenoxy) is 3. The van der Waals surface area contributed by atoms with Crippen molar-refractivity contribution in [2.45, 2.75) is 18.7 Å². The number of hydrogen-bond acceptors (Lipinski definition) is 7. The van der Waals surface area contributed by atoms with Crippen LogP contribution in [0.25, 0.3) is 0 Å². The molecule has 3 aromatic rings. The third-order valence-electron chi connectivity index (χ3n) is 5.31. The van der Waals surface area contributed by atoms with Crippen LogP contribution in [-0.2, 0) is 19.6 Å². The van der Waals surface area contributed by atoms with Crippen molar-refractivity contribution >= 4 is 44.9 Å². The lowest BCUT2D eigenvalue weighted by atomic mass is 10.2. The Hall–Kier alpha value is -3.76. The monoisotopic (exact) mass is 546 g/mol. The minimum Gasteiger partial charge on any atom is -0.493 e. The number of halogens is 1. The molecule has 0 aromatic heterocycles. The molecule has 0 unspecified atom stereocenters. The first kappa shape index (κ1) is 27.8. The van der Waals surface area contributed by atoms with Crippen molar-refractivity contribution in [3.63, 3.8) is 0 Å². The van der Waals surface area contributed by atoms with Crippen molar-refractivity contribution in [1.29, 1.82) is 0 Å². The van der Waals surface area contributed by atoms with Crippen LogP contribution in [0.5, 0.6) is 11.5 Å². The zero-order chi connectivity index (χ0) is 27.2. The van der Waals surface area contributed by atoms with Crippen LogP contribution < -0.4 is 19.1 Å². The van der Waals surface area contributed by atoms with Crippen molar-refractivity contribution in [2.24, 2.45) is 0 Å². The van der Waals surface area contributed by atoms with Crippen LogP contribution in [0.2, 0.25) is 5.02 Å². The van der Waals surface area contributed by atoms with Crippen molar-refractivity contribution in [2.75, 3.05) is 37.0 Å². The molecule has 1 amide bonds. The molecule has 3 aromatic carbocycles. The van der Waals surface area contributed by atoms with Gasteiger partial charge in [0.05, 0.1) is 47.7 Å². The number of carbonyl (C=O) groups excluding carboxylic acids is 2. The predicted octanol–water partition coefficient (Wildman–Crippen LogP) is 4.68. The number of anilines is 2. The lowest BCUT2D eigenvalue weighted by molar-refractivity contribution is -0.114. The maximum absolute atomic E-state index is 13.7. The minimum atomic E-state index is -4.20. The third kappa shape index (κ3) is 6.52. The highest BCUT2D eigenvalue weighted by molar-refractivity contribution is 7.92. The Morgan fingerprint density at radius 2 is 1.62 bits per heavy atom. The summed E-state index contributed by atoms with van der Waals surface area (Å²) in [5, 5.41) is 2.71. The molecule has 0 bridgehead atoms. The second kappa shape index (κ2) is 12.0. The fourth-order valence-electron chi connectivity index (χ4n) is 3.41. The number of benzene rings is 3. The molecule has 0 aliphatic rings. The van der Waals surface area contributed by atoms with Crippen molar-refractivity contribution in [3.8, 4) is 11.5 Å². The van der Waals surface area contributed by atoms with E-state index in [9.17, 15) is 18.0 Å². The second-order valence-corrected chi connectivity index (χ2v) is 10.1. The number of aryl methyl sites for hydroxylation is 1. The largest absolute Gasteiger partial charge is 0.493 e. The molecule has 9 nitrogen and oxygen atoms in total. The lowest BCUT2D eigenvalue weighted by Gasteiger charge is -2.25. The van der Waals surface area contributed by atoms with E-state index in [1.54, 1.807) is 31.2 Å². The highest BCUT2D eigenvalue weighted by atomic mass is 35.5. The van der Waals surface area contributed by atoms with Gasteiger partial charge in [-0.1, -0.05) is 29.3 Å². The fourth-order valence-corrected chi connectivity index (χ4v) is 5.07. The average molecular weight is 547 g/mol. The van der Waals surface area contributed by atoms with Gasteiger partial charge in [-0.05, 0) is 56.3 Å². The summed E-state index contributed by atoms with van der Waals surface area (Å²) < 4.78 is 43.8. The molecule has 0 saturated carbocycles. The Morgan fingerprint density at radius 1 is 0.946 bits per heavy atom. The normalized spacial score (nSPS) is 10.9. The van der Waals surface area contributed by atoms with Crippen molar-refractivity contribution in [3.05, 3.63) is 76.8 Å². The maximum Gasteiger partial charge on any atom is 0.338 e. The highest BCUT2D eigenvalue weighted by Crippen LogP contribution is 2.32. The molecule has 0 fully saturated rings. The van der Waals surface area contributed by atoms with Crippen LogP contribution in [0.1, 0.15) is 22.8 Å². The van der Waals surface area contributed by atoms with E-state index >= 15 is 0 Å². The fraction of sp³-hybridized carbons (Fsp3) is 0.231. The van der Waals surface area contributed by atoms with Gasteiger partial charge in [0.25, 0.3) is 10.0 Å². The molecule has 3 rings (SSSR count). The molecule has 0 heterocycles. The van der Waals surface area contributed by atoms with Crippen molar-refractivity contribution < 1.29 is 32.2 Å². The van der Waals surface area contributed by atoms with Gasteiger partial charge in [-0.25, -0.2) is 13.2 Å². The van der Waals surface area contributed by atoms with Gasteiger partial charge in [0.15, 0.2) is 11.5 Å². The standard InChI is InChI=1S/C26H27ClN2O7S/c1-5-36-26(31)18-8-12-22(21(27)14-18)28-25(30)16-29(19-9-6-17(2)7-10-19)37(32,33)20-11-13-23(34-3)24(15-20)35-4/h6-15H,5,16H2,1-4H3,(H,28,30). The summed E-state index contributed by atoms with van der Waals surface area (Å²) in [7, 11) is -1.36. The molecule has 11 heteroatoms. The molecule has 0 aliphatic carbocycles. The molecule has 1 N–H and O–H groups in total. The van der Waals surface area contributed by atoms with Gasteiger partial charge in [0.2, 0.25) is 5.91 Å². The smallest absolute Gasteiger partial charge is 0.338 e. The summed E-state index contributed by atoms with van der Waals surface area (Å²) in [5.41, 5.74) is 1.65. The van der Waals surface area contributed by atoms with E-state index < -0.39 is 28.4 Å². The number of amides is 1. The van der Waals surface area contributed by atoms with Gasteiger partial charge < -0.3 is 19.5 Å². The third-order valence-corrected chi connectivity index (χ3v) is 7.39. The highest BCUT2D eigenvalue weighted by Gasteiger charge is 2.28. The van der Waals surface area contributed by atoms with Gasteiger partial charge in [-0.2, -0.15) is 0 Å². The topological polar surface area (TPSA) is 111 Å². The van der Waals surface area contributed by atoms with E-state index in [0.29, 0.717) is 11.4 Å². The van der Waals surface area contributed by atoms with E-state index in [1.165, 1.54) is 50.6 Å². The number of nitrogens with zero attached hydrogens (tertiary/aromatic N) is 1. The summed E-state index contributed by atoms with van der Waals surface area (Å²) in [5.74, 6) is -0.600. The molecule has 196 valence electrons. The SMILES string of the molecule is CCOC(=O)c1ccc(NC(=O)CN(c2ccc(C)cc2)S(=O)(=O)c2ccc(OC)c(OC)c2)c(Cl)c1. The molecule has 0 spiro atoms. The van der Waals surface area contributed by atoms with Crippen LogP contribution in [-0.4, -0.2) is 47.7 Å². The average Bonchev–Trinajstić information content (AvgIpc) is 2.88. The Kier molecular flexibility index (Phi) is 9.01.